The van der Waals surface area contributed by atoms with E-state index in [0.717, 1.165) is 126 Å². The van der Waals surface area contributed by atoms with Crippen LogP contribution in [-0.4, -0.2) is 128 Å². The van der Waals surface area contributed by atoms with Crippen molar-refractivity contribution in [2.24, 2.45) is 0 Å². The van der Waals surface area contributed by atoms with Crippen LogP contribution in [0.2, 0.25) is 0 Å². The number of phenolic OH excluding ortho intramolecular Hbond substituents is 2. The van der Waals surface area contributed by atoms with Crippen LogP contribution in [-0.2, 0) is 130 Å². The molecule has 0 saturated heterocycles. The van der Waals surface area contributed by atoms with Gasteiger partial charge >= 0.3 is 0 Å². The first kappa shape index (κ1) is 90.6. The Hall–Kier alpha value is -8.28. The molecule has 8 aromatic rings. The maximum Gasteiger partial charge on any atom is 0.130 e. The van der Waals surface area contributed by atoms with Gasteiger partial charge in [-0.15, -0.1) is 0 Å². The van der Waals surface area contributed by atoms with Crippen LogP contribution < -0.4 is 28.4 Å². The van der Waals surface area contributed by atoms with Crippen molar-refractivity contribution in [3.8, 4) is 57.1 Å². The topological polar surface area (TPSA) is 197 Å². The van der Waals surface area contributed by atoms with Gasteiger partial charge in [0, 0.05) is 139 Å². The molecule has 602 valence electrons. The fourth-order valence-electron chi connectivity index (χ4n) is 12.8. The van der Waals surface area contributed by atoms with Crippen LogP contribution in [0.3, 0.4) is 0 Å². The quantitative estimate of drug-likeness (QED) is 0.0341. The summed E-state index contributed by atoms with van der Waals surface area (Å²) in [6, 6.07) is 45.2. The highest BCUT2D eigenvalue weighted by atomic mass is 16.5. The molecular weight excluding hydrogens is 1400 g/mol. The molecule has 0 saturated carbocycles. The summed E-state index contributed by atoms with van der Waals surface area (Å²) in [6.45, 7) is 24.2. The van der Waals surface area contributed by atoms with Gasteiger partial charge in [0.2, 0.25) is 0 Å². The summed E-state index contributed by atoms with van der Waals surface area (Å²) < 4.78 is 96.0. The first-order valence-corrected chi connectivity index (χ1v) is 37.9. The van der Waals surface area contributed by atoms with E-state index in [1.165, 1.54) is 16.7 Å². The molecule has 0 aliphatic heterocycles. The predicted molar refractivity (Wildman–Crippen MR) is 433 cm³/mol. The van der Waals surface area contributed by atoms with Crippen LogP contribution in [0.25, 0.3) is 11.1 Å². The average Bonchev–Trinajstić information content (AvgIpc) is 0.769. The van der Waals surface area contributed by atoms with E-state index in [9.17, 15) is 10.2 Å². The predicted octanol–water partition coefficient (Wildman–Crippen LogP) is 19.0. The molecule has 19 heteroatoms. The second kappa shape index (κ2) is 48.5. The Balaban J connectivity index is 0.000000262. The molecule has 8 aromatic carbocycles. The van der Waals surface area contributed by atoms with Gasteiger partial charge < -0.3 is 90.7 Å². The molecule has 0 aromatic heterocycles. The van der Waals surface area contributed by atoms with E-state index in [-0.39, 0.29) is 24.7 Å². The van der Waals surface area contributed by atoms with Crippen LogP contribution >= 0.6 is 0 Å². The van der Waals surface area contributed by atoms with E-state index in [2.05, 4.69) is 116 Å². The molecule has 3 unspecified atom stereocenters. The third-order valence-corrected chi connectivity index (χ3v) is 19.4. The Morgan fingerprint density at radius 2 is 0.482 bits per heavy atom. The number of hydrogen-bond donors (Lipinski definition) is 2. The minimum absolute atomic E-state index is 0.186. The van der Waals surface area contributed by atoms with Crippen LogP contribution in [0.1, 0.15) is 181 Å². The molecule has 0 aliphatic carbocycles. The Bertz CT molecular complexity index is 3830. The van der Waals surface area contributed by atoms with Crippen molar-refractivity contribution in [2.75, 3.05) is 118 Å². The zero-order chi connectivity index (χ0) is 80.0. The molecule has 19 nitrogen and oxygen atoms in total. The molecule has 2 N–H and O–H groups in total. The number of benzene rings is 8. The Labute approximate surface area is 655 Å². The Kier molecular flexibility index (Phi) is 39.9. The summed E-state index contributed by atoms with van der Waals surface area (Å²) in [7, 11) is 18.2. The summed E-state index contributed by atoms with van der Waals surface area (Å²) in [5.74, 6) is 6.79. The van der Waals surface area contributed by atoms with Gasteiger partial charge in [0.1, 0.15) is 85.6 Å². The standard InChI is InChI=1S/C35H48O7.C32H42O7.C24H34O5/c1-9-24(2)25-10-12-32(13-11-25)41-14-15-42-34-28(22-39-7)18-31(19-29(34)23-40-8)35(3,4)30-16-26(20-37-5)33(36)27(17-30)21-38-6;1-7-22(2)23-8-10-30(11-9-23)38-12-13-39-32-28(20-36-5)16-25(17-29(32)21-37-6)24-14-26(18-34-3)31(33)27(15-24)19-35-4;1-6-18(2)20-7-9-23(10-8-20)28-11-12-29-24-21(16-26-4)13-19(15-25-3)14-22(24)17-27-5/h10-13,16-19,24,36H,9,14-15,20-23H2,1-8H3;8-11,14-17,22,33H,7,12-13,18-21H2,1-6H3;7-10,13-14,18H,6,11-12,15-17H2,1-5H3. The Morgan fingerprint density at radius 1 is 0.273 bits per heavy atom. The lowest BCUT2D eigenvalue weighted by Gasteiger charge is -2.30. The average molecular weight is 1520 g/mol. The van der Waals surface area contributed by atoms with Gasteiger partial charge in [-0.1, -0.05) is 91.8 Å². The normalized spacial score (nSPS) is 12.1. The van der Waals surface area contributed by atoms with Gasteiger partial charge in [-0.25, -0.2) is 0 Å². The van der Waals surface area contributed by atoms with Gasteiger partial charge in [-0.3, -0.25) is 0 Å². The van der Waals surface area contributed by atoms with E-state index in [1.54, 1.807) is 78.2 Å². The third-order valence-electron chi connectivity index (χ3n) is 19.4. The van der Waals surface area contributed by atoms with Gasteiger partial charge in [-0.2, -0.15) is 0 Å². The monoisotopic (exact) mass is 1520 g/mol. The number of hydrogen-bond acceptors (Lipinski definition) is 19. The summed E-state index contributed by atoms with van der Waals surface area (Å²) in [6.07, 6.45) is 3.34. The SMILES string of the molecule is CCC(C)c1ccc(OCCOc2c(COC)cc(-c3cc(COC)c(O)c(COC)c3)cc2COC)cc1.CCC(C)c1ccc(OCCOc2c(COC)cc(C(C)(C)c3cc(COC)c(O)c(COC)c3)cc2COC)cc1.CCC(C)c1ccc(OCCOc2c(COC)cc(COC)cc2COC)cc1. The van der Waals surface area contributed by atoms with Crippen molar-refractivity contribution < 1.29 is 90.7 Å². The van der Waals surface area contributed by atoms with Crippen LogP contribution in [0.5, 0.6) is 46.0 Å². The number of methoxy groups -OCH3 is 11. The van der Waals surface area contributed by atoms with E-state index in [1.807, 2.05) is 72.8 Å². The molecule has 0 heterocycles. The van der Waals surface area contributed by atoms with Crippen LogP contribution in [0.4, 0.5) is 0 Å². The first-order valence-electron chi connectivity index (χ1n) is 37.9. The van der Waals surface area contributed by atoms with Crippen molar-refractivity contribution in [3.05, 3.63) is 222 Å². The van der Waals surface area contributed by atoms with Crippen molar-refractivity contribution in [2.45, 2.75) is 170 Å². The molecular formula is C91H124O19. The third kappa shape index (κ3) is 27.0. The summed E-state index contributed by atoms with van der Waals surface area (Å²) in [5, 5.41) is 21.4. The molecule has 0 fully saturated rings. The maximum atomic E-state index is 10.8. The summed E-state index contributed by atoms with van der Waals surface area (Å²) in [5.41, 5.74) is 17.0. The fraction of sp³-hybridized carbons (Fsp3) is 0.473. The van der Waals surface area contributed by atoms with Gasteiger partial charge in [0.15, 0.2) is 0 Å². The number of rotatable bonds is 46. The molecule has 0 spiro atoms. The summed E-state index contributed by atoms with van der Waals surface area (Å²) in [4.78, 5) is 0. The maximum absolute atomic E-state index is 10.8. The molecule has 8 rings (SSSR count). The van der Waals surface area contributed by atoms with Crippen molar-refractivity contribution >= 4 is 0 Å². The lowest BCUT2D eigenvalue weighted by Crippen LogP contribution is -2.21. The second-order valence-electron chi connectivity index (χ2n) is 27.9. The van der Waals surface area contributed by atoms with E-state index < -0.39 is 5.41 Å². The van der Waals surface area contributed by atoms with Crippen molar-refractivity contribution in [1.82, 2.24) is 0 Å². The Morgan fingerprint density at radius 3 is 0.736 bits per heavy atom. The van der Waals surface area contributed by atoms with Crippen molar-refractivity contribution in [1.29, 1.82) is 0 Å². The van der Waals surface area contributed by atoms with Crippen LogP contribution in [0, 0.1) is 0 Å². The van der Waals surface area contributed by atoms with Crippen molar-refractivity contribution in [3.63, 3.8) is 0 Å². The van der Waals surface area contributed by atoms with Gasteiger partial charge in [-0.05, 0) is 179 Å². The smallest absolute Gasteiger partial charge is 0.130 e. The molecule has 0 bridgehead atoms. The highest BCUT2D eigenvalue weighted by Crippen LogP contribution is 2.42. The lowest BCUT2D eigenvalue weighted by atomic mass is 9.76. The lowest BCUT2D eigenvalue weighted by molar-refractivity contribution is 0.161. The van der Waals surface area contributed by atoms with Crippen LogP contribution in [0.15, 0.2) is 133 Å². The largest absolute Gasteiger partial charge is 0.507 e. The minimum Gasteiger partial charge on any atom is -0.507 e. The fourth-order valence-corrected chi connectivity index (χ4v) is 12.8. The number of ether oxygens (including phenoxy) is 17. The minimum atomic E-state index is -0.424. The summed E-state index contributed by atoms with van der Waals surface area (Å²) >= 11 is 0. The first-order chi connectivity index (χ1) is 53.3. The number of aromatic hydroxyl groups is 2. The number of phenols is 2. The zero-order valence-corrected chi connectivity index (χ0v) is 68.9. The van der Waals surface area contributed by atoms with E-state index in [4.69, 9.17) is 80.5 Å². The molecule has 0 radical (unpaired) electrons. The molecule has 3 atom stereocenters. The molecule has 110 heavy (non-hydrogen) atoms. The van der Waals surface area contributed by atoms with E-state index in [0.29, 0.717) is 128 Å². The second-order valence-corrected chi connectivity index (χ2v) is 27.9. The van der Waals surface area contributed by atoms with E-state index >= 15 is 0 Å². The highest BCUT2D eigenvalue weighted by molar-refractivity contribution is 5.71. The highest BCUT2D eigenvalue weighted by Gasteiger charge is 2.29. The van der Waals surface area contributed by atoms with Gasteiger partial charge in [0.05, 0.1) is 72.7 Å². The zero-order valence-electron chi connectivity index (χ0n) is 68.9. The van der Waals surface area contributed by atoms with Gasteiger partial charge in [0.25, 0.3) is 0 Å². The molecule has 0 aliphatic rings. The molecule has 0 amide bonds.